The van der Waals surface area contributed by atoms with Gasteiger partial charge in [0, 0.05) is 36.7 Å². The van der Waals surface area contributed by atoms with Crippen LogP contribution in [0.5, 0.6) is 0 Å². The molecule has 1 fully saturated rings. The summed E-state index contributed by atoms with van der Waals surface area (Å²) < 4.78 is 0.781. The smallest absolute Gasteiger partial charge is 0.238 e. The van der Waals surface area contributed by atoms with Crippen molar-refractivity contribution < 1.29 is 4.79 Å². The standard InChI is InChI=1S/C21H25BrN8O/c22-18-12-25-21(29-20(18)24-7-6-17-11-23-14-26-17)28-16-5-3-4-15(10-16)27-19(31)13-30-8-1-2-9-30/h3-5,10-12,14H,1-2,6-9,13H2,(H,23,26)(H,27,31)(H2,24,25,28,29). The summed E-state index contributed by atoms with van der Waals surface area (Å²) in [6.45, 7) is 3.11. The maximum absolute atomic E-state index is 12.3. The molecule has 0 atom stereocenters. The fourth-order valence-electron chi connectivity index (χ4n) is 3.44. The normalized spacial score (nSPS) is 13.8. The van der Waals surface area contributed by atoms with Gasteiger partial charge in [0.1, 0.15) is 5.82 Å². The summed E-state index contributed by atoms with van der Waals surface area (Å²) in [4.78, 5) is 30.5. The highest BCUT2D eigenvalue weighted by molar-refractivity contribution is 9.10. The second-order valence-corrected chi connectivity index (χ2v) is 8.22. The van der Waals surface area contributed by atoms with Gasteiger partial charge in [0.25, 0.3) is 0 Å². The van der Waals surface area contributed by atoms with Gasteiger partial charge in [-0.3, -0.25) is 9.69 Å². The van der Waals surface area contributed by atoms with Crippen molar-refractivity contribution in [1.82, 2.24) is 24.8 Å². The number of imidazole rings is 1. The first-order chi connectivity index (χ1) is 15.2. The number of likely N-dealkylation sites (tertiary alicyclic amines) is 1. The third kappa shape index (κ3) is 6.25. The molecule has 162 valence electrons. The highest BCUT2D eigenvalue weighted by atomic mass is 79.9. The highest BCUT2D eigenvalue weighted by Gasteiger charge is 2.15. The van der Waals surface area contributed by atoms with E-state index in [4.69, 9.17) is 0 Å². The van der Waals surface area contributed by atoms with Crippen LogP contribution in [0, 0.1) is 0 Å². The Morgan fingerprint density at radius 1 is 1.19 bits per heavy atom. The number of nitrogens with zero attached hydrogens (tertiary/aromatic N) is 4. The van der Waals surface area contributed by atoms with Gasteiger partial charge < -0.3 is 20.9 Å². The molecule has 3 aromatic rings. The van der Waals surface area contributed by atoms with Crippen molar-refractivity contribution in [1.29, 1.82) is 0 Å². The van der Waals surface area contributed by atoms with Crippen molar-refractivity contribution in [3.8, 4) is 0 Å². The lowest BCUT2D eigenvalue weighted by atomic mass is 10.2. The first-order valence-corrected chi connectivity index (χ1v) is 11.1. The Morgan fingerprint density at radius 2 is 2.03 bits per heavy atom. The Kier molecular flexibility index (Phi) is 7.11. The predicted molar refractivity (Wildman–Crippen MR) is 125 cm³/mol. The zero-order valence-corrected chi connectivity index (χ0v) is 18.7. The summed E-state index contributed by atoms with van der Waals surface area (Å²) in [5.41, 5.74) is 2.52. The number of anilines is 4. The summed E-state index contributed by atoms with van der Waals surface area (Å²) in [5.74, 6) is 1.16. The fraction of sp³-hybridized carbons (Fsp3) is 0.333. The van der Waals surface area contributed by atoms with Crippen molar-refractivity contribution in [2.45, 2.75) is 19.3 Å². The van der Waals surface area contributed by atoms with Gasteiger partial charge in [-0.15, -0.1) is 0 Å². The van der Waals surface area contributed by atoms with E-state index in [1.807, 2.05) is 30.5 Å². The van der Waals surface area contributed by atoms with E-state index in [2.05, 4.69) is 56.7 Å². The second-order valence-electron chi connectivity index (χ2n) is 7.36. The molecule has 1 aromatic carbocycles. The van der Waals surface area contributed by atoms with E-state index in [0.29, 0.717) is 24.9 Å². The van der Waals surface area contributed by atoms with Gasteiger partial charge in [-0.1, -0.05) is 6.07 Å². The van der Waals surface area contributed by atoms with Crippen LogP contribution in [0.1, 0.15) is 18.5 Å². The van der Waals surface area contributed by atoms with Crippen LogP contribution in [-0.4, -0.2) is 56.9 Å². The molecule has 4 rings (SSSR count). The van der Waals surface area contributed by atoms with Crippen molar-refractivity contribution in [3.63, 3.8) is 0 Å². The molecule has 4 N–H and O–H groups in total. The van der Waals surface area contributed by atoms with Gasteiger partial charge in [-0.05, 0) is 60.1 Å². The zero-order valence-electron chi connectivity index (χ0n) is 17.1. The lowest BCUT2D eigenvalue weighted by Crippen LogP contribution is -2.30. The number of rotatable bonds is 9. The molecule has 1 saturated heterocycles. The third-order valence-corrected chi connectivity index (χ3v) is 5.52. The Hall–Kier alpha value is -2.98. The van der Waals surface area contributed by atoms with Crippen molar-refractivity contribution in [2.75, 3.05) is 42.1 Å². The largest absolute Gasteiger partial charge is 0.369 e. The number of aromatic amines is 1. The number of halogens is 1. The molecule has 3 heterocycles. The molecule has 10 heteroatoms. The lowest BCUT2D eigenvalue weighted by molar-refractivity contribution is -0.117. The minimum atomic E-state index is 0.00217. The van der Waals surface area contributed by atoms with Crippen LogP contribution in [0.4, 0.5) is 23.1 Å². The van der Waals surface area contributed by atoms with E-state index in [-0.39, 0.29) is 5.91 Å². The summed E-state index contributed by atoms with van der Waals surface area (Å²) >= 11 is 3.48. The molecule has 1 aliphatic heterocycles. The van der Waals surface area contributed by atoms with Crippen LogP contribution in [0.15, 0.2) is 47.5 Å². The summed E-state index contributed by atoms with van der Waals surface area (Å²) in [7, 11) is 0. The number of hydrogen-bond donors (Lipinski definition) is 4. The first-order valence-electron chi connectivity index (χ1n) is 10.3. The molecule has 31 heavy (non-hydrogen) atoms. The van der Waals surface area contributed by atoms with Gasteiger partial charge in [0.2, 0.25) is 11.9 Å². The molecule has 2 aromatic heterocycles. The molecule has 0 saturated carbocycles. The maximum Gasteiger partial charge on any atom is 0.238 e. The van der Waals surface area contributed by atoms with Crippen LogP contribution in [0.3, 0.4) is 0 Å². The monoisotopic (exact) mass is 484 g/mol. The van der Waals surface area contributed by atoms with E-state index in [1.54, 1.807) is 12.5 Å². The number of hydrogen-bond acceptors (Lipinski definition) is 7. The minimum absolute atomic E-state index is 0.00217. The van der Waals surface area contributed by atoms with E-state index in [9.17, 15) is 4.79 Å². The van der Waals surface area contributed by atoms with Gasteiger partial charge in [-0.25, -0.2) is 9.97 Å². The van der Waals surface area contributed by atoms with Gasteiger partial charge in [0.05, 0.1) is 23.0 Å². The maximum atomic E-state index is 12.3. The lowest BCUT2D eigenvalue weighted by Gasteiger charge is -2.14. The summed E-state index contributed by atoms with van der Waals surface area (Å²) in [6.07, 6.45) is 8.36. The van der Waals surface area contributed by atoms with E-state index in [1.165, 1.54) is 12.8 Å². The quantitative estimate of drug-likeness (QED) is 0.368. The van der Waals surface area contributed by atoms with Crippen LogP contribution in [0.2, 0.25) is 0 Å². The summed E-state index contributed by atoms with van der Waals surface area (Å²) in [5, 5.41) is 9.46. The van der Waals surface area contributed by atoms with E-state index in [0.717, 1.165) is 41.1 Å². The number of aromatic nitrogens is 4. The molecular weight excluding hydrogens is 460 g/mol. The van der Waals surface area contributed by atoms with Crippen LogP contribution in [0.25, 0.3) is 0 Å². The van der Waals surface area contributed by atoms with Crippen molar-refractivity contribution >= 4 is 45.0 Å². The predicted octanol–water partition coefficient (Wildman–Crippen LogP) is 3.39. The van der Waals surface area contributed by atoms with Crippen LogP contribution < -0.4 is 16.0 Å². The number of amides is 1. The van der Waals surface area contributed by atoms with Gasteiger partial charge in [-0.2, -0.15) is 4.98 Å². The molecule has 0 radical (unpaired) electrons. The van der Waals surface area contributed by atoms with Gasteiger partial charge >= 0.3 is 0 Å². The molecule has 0 spiro atoms. The number of benzene rings is 1. The Morgan fingerprint density at radius 3 is 2.84 bits per heavy atom. The van der Waals surface area contributed by atoms with Crippen molar-refractivity contribution in [3.05, 3.63) is 53.2 Å². The topological polar surface area (TPSA) is 111 Å². The number of carbonyl (C=O) groups is 1. The van der Waals surface area contributed by atoms with Crippen LogP contribution >= 0.6 is 15.9 Å². The number of nitrogens with one attached hydrogen (secondary N) is 4. The SMILES string of the molecule is O=C(CN1CCCC1)Nc1cccc(Nc2ncc(Br)c(NCCc3c[nH]cn3)n2)c1. The molecule has 0 aliphatic carbocycles. The average molecular weight is 485 g/mol. The fourth-order valence-corrected chi connectivity index (χ4v) is 3.77. The third-order valence-electron chi connectivity index (χ3n) is 4.94. The van der Waals surface area contributed by atoms with Crippen molar-refractivity contribution in [2.24, 2.45) is 0 Å². The number of H-pyrrole nitrogens is 1. The molecule has 1 aliphatic rings. The minimum Gasteiger partial charge on any atom is -0.369 e. The van der Waals surface area contributed by atoms with Gasteiger partial charge in [0.15, 0.2) is 0 Å². The molecule has 9 nitrogen and oxygen atoms in total. The zero-order chi connectivity index (χ0) is 21.5. The Bertz CT molecular complexity index is 1000. The molecule has 0 unspecified atom stereocenters. The van der Waals surface area contributed by atoms with E-state index < -0.39 is 0 Å². The van der Waals surface area contributed by atoms with Crippen LogP contribution in [-0.2, 0) is 11.2 Å². The van der Waals surface area contributed by atoms with E-state index >= 15 is 0 Å². The average Bonchev–Trinajstić information content (AvgIpc) is 3.45. The molecule has 0 bridgehead atoms. The second kappa shape index (κ2) is 10.4. The molecule has 1 amide bonds. The Labute approximate surface area is 189 Å². The summed E-state index contributed by atoms with van der Waals surface area (Å²) in [6, 6.07) is 7.54. The molecular formula is C21H25BrN8O. The Balaban J connectivity index is 1.34. The highest BCUT2D eigenvalue weighted by Crippen LogP contribution is 2.23. The number of carbonyl (C=O) groups excluding carboxylic acids is 1. The first kappa shape index (κ1) is 21.3.